The monoisotopic (exact) mass is 337 g/mol. The fourth-order valence-corrected chi connectivity index (χ4v) is 2.92. The lowest BCUT2D eigenvalue weighted by Crippen LogP contribution is -2.14. The maximum atomic E-state index is 14.1. The Bertz CT molecular complexity index is 1140. The van der Waals surface area contributed by atoms with Crippen molar-refractivity contribution in [3.05, 3.63) is 82.3 Å². The maximum absolute atomic E-state index is 14.1. The van der Waals surface area contributed by atoms with Crippen LogP contribution in [-0.2, 0) is 0 Å². The molecule has 0 saturated heterocycles. The summed E-state index contributed by atoms with van der Waals surface area (Å²) in [5, 5.41) is 2.96. The lowest BCUT2D eigenvalue weighted by molar-refractivity contribution is 0.628. The van der Waals surface area contributed by atoms with Crippen molar-refractivity contribution in [3.63, 3.8) is 0 Å². The Kier molecular flexibility index (Phi) is 3.46. The van der Waals surface area contributed by atoms with Crippen LogP contribution in [0.5, 0.6) is 0 Å². The number of benzene rings is 2. The minimum Gasteiger partial charge on any atom is -0.293 e. The molecule has 0 saturated carbocycles. The third kappa shape index (κ3) is 2.52. The van der Waals surface area contributed by atoms with E-state index >= 15 is 0 Å². The summed E-state index contributed by atoms with van der Waals surface area (Å²) in [6.45, 7) is 1.80. The number of nitrogens with zero attached hydrogens (tertiary/aromatic N) is 2. The van der Waals surface area contributed by atoms with Crippen LogP contribution in [-0.4, -0.2) is 14.6 Å². The van der Waals surface area contributed by atoms with Gasteiger partial charge in [-0.3, -0.25) is 9.89 Å². The summed E-state index contributed by atoms with van der Waals surface area (Å²) in [6, 6.07) is 13.4. The van der Waals surface area contributed by atoms with Crippen LogP contribution < -0.4 is 5.56 Å². The Morgan fingerprint density at radius 3 is 2.48 bits per heavy atom. The van der Waals surface area contributed by atoms with Gasteiger partial charge in [-0.25, -0.2) is 18.3 Å². The summed E-state index contributed by atoms with van der Waals surface area (Å²) in [5.41, 5.74) is 2.64. The van der Waals surface area contributed by atoms with Gasteiger partial charge in [-0.2, -0.15) is 0 Å². The largest absolute Gasteiger partial charge is 0.293 e. The zero-order valence-corrected chi connectivity index (χ0v) is 13.3. The van der Waals surface area contributed by atoms with Crippen LogP contribution in [0.1, 0.15) is 5.69 Å². The number of nitrogens with one attached hydrogen (secondary N) is 1. The number of halogens is 2. The van der Waals surface area contributed by atoms with E-state index in [1.807, 2.05) is 0 Å². The van der Waals surface area contributed by atoms with Gasteiger partial charge in [-0.15, -0.1) is 0 Å². The second-order valence-corrected chi connectivity index (χ2v) is 5.74. The first-order valence-electron chi connectivity index (χ1n) is 7.68. The van der Waals surface area contributed by atoms with E-state index in [2.05, 4.69) is 10.1 Å². The second-order valence-electron chi connectivity index (χ2n) is 5.74. The number of fused-ring (bicyclic) bond motifs is 1. The predicted octanol–water partition coefficient (Wildman–Crippen LogP) is 3.94. The summed E-state index contributed by atoms with van der Waals surface area (Å²) in [4.78, 5) is 16.9. The molecular formula is C19H13F2N3O. The Labute approximate surface area is 141 Å². The van der Waals surface area contributed by atoms with Gasteiger partial charge in [-0.1, -0.05) is 24.3 Å². The van der Waals surface area contributed by atoms with Crippen molar-refractivity contribution in [2.75, 3.05) is 0 Å². The number of H-pyrrole nitrogens is 1. The fraction of sp³-hybridized carbons (Fsp3) is 0.0526. The first kappa shape index (κ1) is 15.3. The SMILES string of the molecule is Cc1[nH]n2c(=O)cc(-c3ccccc3F)nc2c1-c1ccc(F)cc1. The zero-order chi connectivity index (χ0) is 17.6. The fourth-order valence-electron chi connectivity index (χ4n) is 2.92. The third-order valence-electron chi connectivity index (χ3n) is 4.08. The van der Waals surface area contributed by atoms with Crippen LogP contribution in [0.3, 0.4) is 0 Å². The molecule has 0 unspecified atom stereocenters. The van der Waals surface area contributed by atoms with Crippen molar-refractivity contribution >= 4 is 5.65 Å². The standard InChI is InChI=1S/C19H13F2N3O/c1-11-18(12-6-8-13(20)9-7-12)19-22-16(10-17(25)24(19)23-11)14-4-2-3-5-15(14)21/h2-10,23H,1H3. The summed E-state index contributed by atoms with van der Waals surface area (Å²) in [6.07, 6.45) is 0. The van der Waals surface area contributed by atoms with Crippen LogP contribution in [0.2, 0.25) is 0 Å². The first-order valence-corrected chi connectivity index (χ1v) is 7.68. The predicted molar refractivity (Wildman–Crippen MR) is 91.3 cm³/mol. The van der Waals surface area contributed by atoms with E-state index in [9.17, 15) is 13.6 Å². The highest BCUT2D eigenvalue weighted by molar-refractivity contribution is 5.81. The molecule has 0 aliphatic carbocycles. The normalized spacial score (nSPS) is 11.2. The van der Waals surface area contributed by atoms with Crippen molar-refractivity contribution in [2.45, 2.75) is 6.92 Å². The Morgan fingerprint density at radius 1 is 1.04 bits per heavy atom. The Balaban J connectivity index is 2.02. The molecule has 2 heterocycles. The molecule has 2 aromatic heterocycles. The molecule has 6 heteroatoms. The molecule has 25 heavy (non-hydrogen) atoms. The van der Waals surface area contributed by atoms with Crippen LogP contribution in [0.25, 0.3) is 28.0 Å². The molecule has 4 nitrogen and oxygen atoms in total. The molecule has 0 aliphatic heterocycles. The molecule has 4 aromatic rings. The van der Waals surface area contributed by atoms with Gasteiger partial charge in [0.1, 0.15) is 11.6 Å². The summed E-state index contributed by atoms with van der Waals surface area (Å²) < 4.78 is 28.6. The van der Waals surface area contributed by atoms with Crippen molar-refractivity contribution in [1.29, 1.82) is 0 Å². The lowest BCUT2D eigenvalue weighted by Gasteiger charge is -2.04. The zero-order valence-electron chi connectivity index (χ0n) is 13.3. The van der Waals surface area contributed by atoms with Crippen molar-refractivity contribution in [3.8, 4) is 22.4 Å². The number of aromatic nitrogens is 3. The van der Waals surface area contributed by atoms with E-state index in [0.29, 0.717) is 16.9 Å². The smallest absolute Gasteiger partial charge is 0.273 e. The first-order chi connectivity index (χ1) is 12.0. The Morgan fingerprint density at radius 2 is 1.76 bits per heavy atom. The van der Waals surface area contributed by atoms with E-state index < -0.39 is 5.82 Å². The van der Waals surface area contributed by atoms with Gasteiger partial charge in [0, 0.05) is 22.9 Å². The minimum absolute atomic E-state index is 0.255. The van der Waals surface area contributed by atoms with Crippen LogP contribution >= 0.6 is 0 Å². The van der Waals surface area contributed by atoms with Crippen molar-refractivity contribution in [2.24, 2.45) is 0 Å². The summed E-state index contributed by atoms with van der Waals surface area (Å²) >= 11 is 0. The van der Waals surface area contributed by atoms with E-state index in [1.165, 1.54) is 28.8 Å². The van der Waals surface area contributed by atoms with Crippen molar-refractivity contribution < 1.29 is 8.78 Å². The van der Waals surface area contributed by atoms with Crippen LogP contribution in [0, 0.1) is 18.6 Å². The maximum Gasteiger partial charge on any atom is 0.273 e. The lowest BCUT2D eigenvalue weighted by atomic mass is 10.1. The molecule has 0 atom stereocenters. The molecule has 0 bridgehead atoms. The summed E-state index contributed by atoms with van der Waals surface area (Å²) in [5.74, 6) is -0.798. The molecule has 0 aliphatic rings. The van der Waals surface area contributed by atoms with E-state index in [-0.39, 0.29) is 22.6 Å². The van der Waals surface area contributed by atoms with Gasteiger partial charge < -0.3 is 0 Å². The van der Waals surface area contributed by atoms with E-state index in [4.69, 9.17) is 0 Å². The number of aromatic amines is 1. The average Bonchev–Trinajstić information content (AvgIpc) is 2.93. The van der Waals surface area contributed by atoms with E-state index in [0.717, 1.165) is 5.56 Å². The molecular weight excluding hydrogens is 324 g/mol. The number of hydrogen-bond donors (Lipinski definition) is 1. The molecule has 4 rings (SSSR count). The molecule has 1 N–H and O–H groups in total. The molecule has 2 aromatic carbocycles. The molecule has 0 radical (unpaired) electrons. The van der Waals surface area contributed by atoms with E-state index in [1.54, 1.807) is 37.3 Å². The van der Waals surface area contributed by atoms with Crippen LogP contribution in [0.4, 0.5) is 8.78 Å². The van der Waals surface area contributed by atoms with Crippen LogP contribution in [0.15, 0.2) is 59.4 Å². The highest BCUT2D eigenvalue weighted by Crippen LogP contribution is 2.28. The summed E-state index contributed by atoms with van der Waals surface area (Å²) in [7, 11) is 0. The quantitative estimate of drug-likeness (QED) is 0.602. The Hall–Kier alpha value is -3.28. The topological polar surface area (TPSA) is 50.2 Å². The van der Waals surface area contributed by atoms with Gasteiger partial charge >= 0.3 is 0 Å². The minimum atomic E-state index is -0.450. The average molecular weight is 337 g/mol. The molecule has 0 amide bonds. The van der Waals surface area contributed by atoms with Crippen molar-refractivity contribution in [1.82, 2.24) is 14.6 Å². The highest BCUT2D eigenvalue weighted by Gasteiger charge is 2.16. The third-order valence-corrected chi connectivity index (χ3v) is 4.08. The van der Waals surface area contributed by atoms with Gasteiger partial charge in [0.05, 0.1) is 5.69 Å². The number of rotatable bonds is 2. The van der Waals surface area contributed by atoms with Gasteiger partial charge in [0.15, 0.2) is 5.65 Å². The number of hydrogen-bond acceptors (Lipinski definition) is 2. The molecule has 124 valence electrons. The van der Waals surface area contributed by atoms with Gasteiger partial charge in [0.25, 0.3) is 5.56 Å². The second kappa shape index (κ2) is 5.66. The van der Waals surface area contributed by atoms with Gasteiger partial charge in [0.2, 0.25) is 0 Å². The number of aryl methyl sites for hydroxylation is 1. The molecule has 0 fully saturated rings. The van der Waals surface area contributed by atoms with Gasteiger partial charge in [-0.05, 0) is 36.8 Å². The molecule has 0 spiro atoms. The highest BCUT2D eigenvalue weighted by atomic mass is 19.1.